The lowest BCUT2D eigenvalue weighted by Crippen LogP contribution is -2.29. The molecule has 5 nitrogen and oxygen atoms in total. The van der Waals surface area contributed by atoms with Gasteiger partial charge in [0, 0.05) is 5.02 Å². The third kappa shape index (κ3) is 5.38. The Labute approximate surface area is 182 Å². The molecular formula is C22H21ClF3N3O2. The van der Waals surface area contributed by atoms with Crippen molar-refractivity contribution in [2.75, 3.05) is 0 Å². The highest BCUT2D eigenvalue weighted by atomic mass is 35.5. The van der Waals surface area contributed by atoms with Gasteiger partial charge in [0.05, 0.1) is 29.6 Å². The standard InChI is InChI=1S/C22H21ClF3N3O2/c1-13(2)31-18-9-4-6-15(10-18)14(3)28-21(30)19-12-27-29(20(19)22(24,25)26)17-8-5-7-16(23)11-17/h4-14H,1-3H3,(H,28,30). The molecule has 2 aromatic carbocycles. The zero-order valence-electron chi connectivity index (χ0n) is 17.1. The Morgan fingerprint density at radius 3 is 2.48 bits per heavy atom. The second-order valence-electron chi connectivity index (χ2n) is 7.23. The largest absolute Gasteiger partial charge is 0.491 e. The van der Waals surface area contributed by atoms with Crippen LogP contribution in [0, 0.1) is 0 Å². The molecule has 31 heavy (non-hydrogen) atoms. The lowest BCUT2D eigenvalue weighted by Gasteiger charge is -2.17. The first kappa shape index (κ1) is 22.7. The number of hydrogen-bond acceptors (Lipinski definition) is 3. The number of nitrogens with one attached hydrogen (secondary N) is 1. The molecule has 0 fully saturated rings. The summed E-state index contributed by atoms with van der Waals surface area (Å²) >= 11 is 5.90. The SMILES string of the molecule is CC(C)Oc1cccc(C(C)NC(=O)c2cnn(-c3cccc(Cl)c3)c2C(F)(F)F)c1. The number of amides is 1. The van der Waals surface area contributed by atoms with E-state index in [-0.39, 0.29) is 16.8 Å². The van der Waals surface area contributed by atoms with E-state index < -0.39 is 29.4 Å². The zero-order valence-corrected chi connectivity index (χ0v) is 17.8. The second kappa shape index (κ2) is 9.01. The van der Waals surface area contributed by atoms with Gasteiger partial charge in [0.1, 0.15) is 5.75 Å². The van der Waals surface area contributed by atoms with E-state index in [0.717, 1.165) is 6.20 Å². The summed E-state index contributed by atoms with van der Waals surface area (Å²) in [7, 11) is 0. The van der Waals surface area contributed by atoms with E-state index >= 15 is 0 Å². The van der Waals surface area contributed by atoms with Crippen molar-refractivity contribution in [3.8, 4) is 11.4 Å². The number of hydrogen-bond donors (Lipinski definition) is 1. The molecule has 0 saturated carbocycles. The molecule has 3 rings (SSSR count). The Morgan fingerprint density at radius 2 is 1.84 bits per heavy atom. The van der Waals surface area contributed by atoms with E-state index in [1.807, 2.05) is 13.8 Å². The van der Waals surface area contributed by atoms with Gasteiger partial charge >= 0.3 is 6.18 Å². The molecule has 0 bridgehead atoms. The van der Waals surface area contributed by atoms with Gasteiger partial charge in [0.15, 0.2) is 5.69 Å². The van der Waals surface area contributed by atoms with E-state index in [2.05, 4.69) is 10.4 Å². The van der Waals surface area contributed by atoms with Gasteiger partial charge in [-0.05, 0) is 56.7 Å². The van der Waals surface area contributed by atoms with Gasteiger partial charge in [-0.3, -0.25) is 4.79 Å². The smallest absolute Gasteiger partial charge is 0.434 e. The number of aromatic nitrogens is 2. The molecule has 0 radical (unpaired) electrons. The minimum Gasteiger partial charge on any atom is -0.491 e. The van der Waals surface area contributed by atoms with Crippen LogP contribution in [0.1, 0.15) is 48.4 Å². The molecule has 1 amide bonds. The van der Waals surface area contributed by atoms with Crippen molar-refractivity contribution >= 4 is 17.5 Å². The van der Waals surface area contributed by atoms with Crippen molar-refractivity contribution in [1.29, 1.82) is 0 Å². The molecular weight excluding hydrogens is 431 g/mol. The molecule has 1 atom stereocenters. The van der Waals surface area contributed by atoms with Crippen molar-refractivity contribution in [3.63, 3.8) is 0 Å². The first-order valence-corrected chi connectivity index (χ1v) is 9.92. The Balaban J connectivity index is 1.90. The Morgan fingerprint density at radius 1 is 1.13 bits per heavy atom. The monoisotopic (exact) mass is 451 g/mol. The molecule has 1 heterocycles. The first-order chi connectivity index (χ1) is 14.6. The molecule has 0 saturated heterocycles. The summed E-state index contributed by atoms with van der Waals surface area (Å²) in [5.41, 5.74) is -0.946. The second-order valence-corrected chi connectivity index (χ2v) is 7.67. The van der Waals surface area contributed by atoms with E-state index in [0.29, 0.717) is 16.0 Å². The third-order valence-corrected chi connectivity index (χ3v) is 4.65. The summed E-state index contributed by atoms with van der Waals surface area (Å²) in [5, 5.41) is 6.66. The fraction of sp³-hybridized carbons (Fsp3) is 0.273. The highest BCUT2D eigenvalue weighted by Gasteiger charge is 2.40. The van der Waals surface area contributed by atoms with E-state index in [1.165, 1.54) is 24.3 Å². The van der Waals surface area contributed by atoms with Gasteiger partial charge in [-0.2, -0.15) is 18.3 Å². The minimum absolute atomic E-state index is 0.0354. The van der Waals surface area contributed by atoms with Crippen LogP contribution in [0.3, 0.4) is 0 Å². The number of carbonyl (C=O) groups is 1. The maximum atomic E-state index is 13.8. The quantitative estimate of drug-likeness (QED) is 0.513. The summed E-state index contributed by atoms with van der Waals surface area (Å²) in [6, 6.07) is 12.3. The highest BCUT2D eigenvalue weighted by molar-refractivity contribution is 6.30. The van der Waals surface area contributed by atoms with Gasteiger partial charge in [-0.1, -0.05) is 29.8 Å². The number of carbonyl (C=O) groups excluding carboxylic acids is 1. The number of nitrogens with zero attached hydrogens (tertiary/aromatic N) is 2. The fourth-order valence-corrected chi connectivity index (χ4v) is 3.26. The fourth-order valence-electron chi connectivity index (χ4n) is 3.08. The molecule has 3 aromatic rings. The van der Waals surface area contributed by atoms with Crippen LogP contribution in [0.4, 0.5) is 13.2 Å². The van der Waals surface area contributed by atoms with Gasteiger partial charge in [0.25, 0.3) is 5.91 Å². The lowest BCUT2D eigenvalue weighted by molar-refractivity contribution is -0.143. The third-order valence-electron chi connectivity index (χ3n) is 4.41. The average Bonchev–Trinajstić information content (AvgIpc) is 3.13. The number of rotatable bonds is 6. The Bertz CT molecular complexity index is 1080. The molecule has 9 heteroatoms. The number of alkyl halides is 3. The molecule has 1 aromatic heterocycles. The van der Waals surface area contributed by atoms with Crippen molar-refractivity contribution in [2.24, 2.45) is 0 Å². The normalized spacial score (nSPS) is 12.6. The van der Waals surface area contributed by atoms with Gasteiger partial charge < -0.3 is 10.1 Å². The maximum absolute atomic E-state index is 13.8. The summed E-state index contributed by atoms with van der Waals surface area (Å²) < 4.78 is 47.8. The molecule has 0 aliphatic rings. The summed E-state index contributed by atoms with van der Waals surface area (Å²) in [6.45, 7) is 5.45. The maximum Gasteiger partial charge on any atom is 0.434 e. The molecule has 1 N–H and O–H groups in total. The predicted molar refractivity (Wildman–Crippen MR) is 112 cm³/mol. The molecule has 0 spiro atoms. The van der Waals surface area contributed by atoms with Crippen molar-refractivity contribution in [1.82, 2.24) is 15.1 Å². The molecule has 1 unspecified atom stereocenters. The zero-order chi connectivity index (χ0) is 22.8. The van der Waals surface area contributed by atoms with E-state index in [9.17, 15) is 18.0 Å². The van der Waals surface area contributed by atoms with Crippen LogP contribution in [0.15, 0.2) is 54.7 Å². The van der Waals surface area contributed by atoms with Crippen LogP contribution in [-0.2, 0) is 6.18 Å². The molecule has 164 valence electrons. The predicted octanol–water partition coefficient (Wildman–Crippen LogP) is 5.82. The van der Waals surface area contributed by atoms with Crippen LogP contribution in [0.5, 0.6) is 5.75 Å². The van der Waals surface area contributed by atoms with Crippen LogP contribution in [0.25, 0.3) is 5.69 Å². The highest BCUT2D eigenvalue weighted by Crippen LogP contribution is 2.34. The number of benzene rings is 2. The Kier molecular flexibility index (Phi) is 6.59. The van der Waals surface area contributed by atoms with Crippen LogP contribution in [-0.4, -0.2) is 21.8 Å². The summed E-state index contributed by atoms with van der Waals surface area (Å²) in [5.74, 6) is -0.276. The van der Waals surface area contributed by atoms with Gasteiger partial charge in [-0.25, -0.2) is 4.68 Å². The molecule has 0 aliphatic heterocycles. The molecule has 0 aliphatic carbocycles. The number of halogens is 4. The Hall–Kier alpha value is -3.00. The van der Waals surface area contributed by atoms with Crippen LogP contribution < -0.4 is 10.1 Å². The van der Waals surface area contributed by atoms with Gasteiger partial charge in [-0.15, -0.1) is 0 Å². The number of ether oxygens (including phenoxy) is 1. The van der Waals surface area contributed by atoms with Crippen LogP contribution >= 0.6 is 11.6 Å². The first-order valence-electron chi connectivity index (χ1n) is 9.55. The topological polar surface area (TPSA) is 56.1 Å². The lowest BCUT2D eigenvalue weighted by atomic mass is 10.1. The van der Waals surface area contributed by atoms with E-state index in [4.69, 9.17) is 16.3 Å². The van der Waals surface area contributed by atoms with Crippen molar-refractivity contribution in [2.45, 2.75) is 39.1 Å². The van der Waals surface area contributed by atoms with Crippen molar-refractivity contribution < 1.29 is 22.7 Å². The van der Waals surface area contributed by atoms with Crippen molar-refractivity contribution in [3.05, 3.63) is 76.6 Å². The minimum atomic E-state index is -4.81. The van der Waals surface area contributed by atoms with Crippen LogP contribution in [0.2, 0.25) is 5.02 Å². The summed E-state index contributed by atoms with van der Waals surface area (Å²) in [4.78, 5) is 12.7. The summed E-state index contributed by atoms with van der Waals surface area (Å²) in [6.07, 6.45) is -3.93. The van der Waals surface area contributed by atoms with Gasteiger partial charge in [0.2, 0.25) is 0 Å². The van der Waals surface area contributed by atoms with E-state index in [1.54, 1.807) is 31.2 Å². The average molecular weight is 452 g/mol.